The van der Waals surface area contributed by atoms with Crippen LogP contribution in [0.2, 0.25) is 0 Å². The lowest BCUT2D eigenvalue weighted by Gasteiger charge is -2.11. The zero-order valence-electron chi connectivity index (χ0n) is 11.0. The minimum Gasteiger partial charge on any atom is -0.489 e. The number of methoxy groups -OCH3 is 1. The molecule has 19 heavy (non-hydrogen) atoms. The van der Waals surface area contributed by atoms with Crippen molar-refractivity contribution in [2.24, 2.45) is 0 Å². The van der Waals surface area contributed by atoms with E-state index in [0.717, 1.165) is 11.1 Å². The van der Waals surface area contributed by atoms with Gasteiger partial charge in [-0.2, -0.15) is 0 Å². The number of ether oxygens (including phenoxy) is 2. The number of benzene rings is 1. The average Bonchev–Trinajstić information content (AvgIpc) is 2.45. The number of pyridine rings is 1. The van der Waals surface area contributed by atoms with Gasteiger partial charge in [-0.1, -0.05) is 12.1 Å². The highest BCUT2D eigenvalue weighted by molar-refractivity contribution is 5.31. The molecule has 0 radical (unpaired) electrons. The van der Waals surface area contributed by atoms with Gasteiger partial charge in [0.1, 0.15) is 12.4 Å². The van der Waals surface area contributed by atoms with Crippen molar-refractivity contribution in [1.29, 1.82) is 0 Å². The van der Waals surface area contributed by atoms with Gasteiger partial charge in [0.2, 0.25) is 5.88 Å². The van der Waals surface area contributed by atoms with Crippen molar-refractivity contribution in [3.8, 4) is 11.6 Å². The van der Waals surface area contributed by atoms with E-state index in [1.807, 2.05) is 36.4 Å². The third-order valence-electron chi connectivity index (χ3n) is 2.78. The van der Waals surface area contributed by atoms with Crippen molar-refractivity contribution in [2.45, 2.75) is 19.6 Å². The first-order chi connectivity index (χ1) is 9.20. The first-order valence-electron chi connectivity index (χ1n) is 6.09. The summed E-state index contributed by atoms with van der Waals surface area (Å²) < 4.78 is 10.9. The van der Waals surface area contributed by atoms with E-state index in [2.05, 4.69) is 4.98 Å². The van der Waals surface area contributed by atoms with Crippen molar-refractivity contribution in [3.05, 3.63) is 53.7 Å². The molecule has 1 aromatic heterocycles. The summed E-state index contributed by atoms with van der Waals surface area (Å²) in [6, 6.07) is 11.2. The normalized spacial score (nSPS) is 11.9. The summed E-state index contributed by atoms with van der Waals surface area (Å²) in [5.74, 6) is 1.28. The summed E-state index contributed by atoms with van der Waals surface area (Å²) in [5.41, 5.74) is 1.71. The number of aromatic nitrogens is 1. The topological polar surface area (TPSA) is 51.6 Å². The van der Waals surface area contributed by atoms with Crippen LogP contribution in [0.4, 0.5) is 0 Å². The van der Waals surface area contributed by atoms with Crippen LogP contribution in [-0.4, -0.2) is 17.2 Å². The second-order valence-electron chi connectivity index (χ2n) is 4.21. The smallest absolute Gasteiger partial charge is 0.219 e. The highest BCUT2D eigenvalue weighted by atomic mass is 16.5. The monoisotopic (exact) mass is 259 g/mol. The molecule has 0 amide bonds. The Bertz CT molecular complexity index is 540. The van der Waals surface area contributed by atoms with Crippen molar-refractivity contribution >= 4 is 0 Å². The van der Waals surface area contributed by atoms with E-state index in [0.29, 0.717) is 18.2 Å². The lowest BCUT2D eigenvalue weighted by molar-refractivity contribution is 0.198. The molecule has 0 bridgehead atoms. The molecule has 4 heteroatoms. The van der Waals surface area contributed by atoms with E-state index in [9.17, 15) is 5.11 Å². The Kier molecular flexibility index (Phi) is 4.36. The Labute approximate surface area is 112 Å². The predicted molar refractivity (Wildman–Crippen MR) is 72.2 cm³/mol. The molecule has 0 aliphatic rings. The molecule has 1 atom stereocenters. The minimum atomic E-state index is -0.503. The highest BCUT2D eigenvalue weighted by Gasteiger charge is 2.06. The second kappa shape index (κ2) is 6.20. The van der Waals surface area contributed by atoms with Crippen LogP contribution in [0.3, 0.4) is 0 Å². The van der Waals surface area contributed by atoms with Crippen LogP contribution in [0.15, 0.2) is 42.6 Å². The van der Waals surface area contributed by atoms with Gasteiger partial charge in [-0.15, -0.1) is 0 Å². The molecule has 1 N–H and O–H groups in total. The summed E-state index contributed by atoms with van der Waals surface area (Å²) >= 11 is 0. The van der Waals surface area contributed by atoms with Gasteiger partial charge in [0.05, 0.1) is 18.8 Å². The molecule has 2 aromatic rings. The minimum absolute atomic E-state index is 0.375. The molecular weight excluding hydrogens is 242 g/mol. The molecule has 2 rings (SSSR count). The van der Waals surface area contributed by atoms with Gasteiger partial charge in [-0.25, -0.2) is 4.98 Å². The molecule has 0 aliphatic carbocycles. The van der Waals surface area contributed by atoms with Crippen molar-refractivity contribution in [3.63, 3.8) is 0 Å². The molecule has 1 heterocycles. The predicted octanol–water partition coefficient (Wildman–Crippen LogP) is 2.72. The van der Waals surface area contributed by atoms with Crippen molar-refractivity contribution in [1.82, 2.24) is 4.98 Å². The van der Waals surface area contributed by atoms with Gasteiger partial charge in [-0.3, -0.25) is 0 Å². The van der Waals surface area contributed by atoms with Crippen molar-refractivity contribution < 1.29 is 14.6 Å². The Morgan fingerprint density at radius 2 is 2.11 bits per heavy atom. The average molecular weight is 259 g/mol. The van der Waals surface area contributed by atoms with E-state index >= 15 is 0 Å². The largest absolute Gasteiger partial charge is 0.489 e. The third-order valence-corrected chi connectivity index (χ3v) is 2.78. The Morgan fingerprint density at radius 1 is 1.26 bits per heavy atom. The number of nitrogens with zero attached hydrogens (tertiary/aromatic N) is 1. The third kappa shape index (κ3) is 3.45. The van der Waals surface area contributed by atoms with Crippen LogP contribution in [0.25, 0.3) is 0 Å². The quantitative estimate of drug-likeness (QED) is 0.897. The van der Waals surface area contributed by atoms with Gasteiger partial charge < -0.3 is 14.6 Å². The Morgan fingerprint density at radius 3 is 2.84 bits per heavy atom. The molecule has 4 nitrogen and oxygen atoms in total. The Hall–Kier alpha value is -2.07. The maximum atomic E-state index is 9.53. The van der Waals surface area contributed by atoms with Crippen LogP contribution >= 0.6 is 0 Å². The van der Waals surface area contributed by atoms with E-state index in [4.69, 9.17) is 9.47 Å². The summed E-state index contributed by atoms with van der Waals surface area (Å²) in [4.78, 5) is 4.11. The zero-order valence-corrected chi connectivity index (χ0v) is 11.0. The van der Waals surface area contributed by atoms with Crippen LogP contribution in [0.5, 0.6) is 11.6 Å². The molecule has 0 unspecified atom stereocenters. The zero-order chi connectivity index (χ0) is 13.7. The SMILES string of the molecule is COc1ncccc1COc1cccc([C@@H](C)O)c1. The van der Waals surface area contributed by atoms with Crippen molar-refractivity contribution in [2.75, 3.05) is 7.11 Å². The summed E-state index contributed by atoms with van der Waals surface area (Å²) in [6.45, 7) is 2.10. The fourth-order valence-corrected chi connectivity index (χ4v) is 1.74. The maximum absolute atomic E-state index is 9.53. The summed E-state index contributed by atoms with van der Waals surface area (Å²) in [7, 11) is 1.58. The fraction of sp³-hybridized carbons (Fsp3) is 0.267. The van der Waals surface area contributed by atoms with E-state index < -0.39 is 6.10 Å². The first kappa shape index (κ1) is 13.4. The fourth-order valence-electron chi connectivity index (χ4n) is 1.74. The summed E-state index contributed by atoms with van der Waals surface area (Å²) in [5, 5.41) is 9.53. The van der Waals surface area contributed by atoms with E-state index in [1.54, 1.807) is 20.2 Å². The van der Waals surface area contributed by atoms with Crippen LogP contribution in [0.1, 0.15) is 24.2 Å². The maximum Gasteiger partial charge on any atom is 0.219 e. The highest BCUT2D eigenvalue weighted by Crippen LogP contribution is 2.21. The lowest BCUT2D eigenvalue weighted by Crippen LogP contribution is -2.00. The molecule has 0 saturated carbocycles. The van der Waals surface area contributed by atoms with E-state index in [1.165, 1.54) is 0 Å². The second-order valence-corrected chi connectivity index (χ2v) is 4.21. The van der Waals surface area contributed by atoms with Crippen LogP contribution in [0, 0.1) is 0 Å². The van der Waals surface area contributed by atoms with Crippen LogP contribution < -0.4 is 9.47 Å². The molecule has 0 spiro atoms. The number of aliphatic hydroxyl groups excluding tert-OH is 1. The van der Waals surface area contributed by atoms with Gasteiger partial charge in [0, 0.05) is 6.20 Å². The Balaban J connectivity index is 2.08. The molecular formula is C15H17NO3. The van der Waals surface area contributed by atoms with Gasteiger partial charge >= 0.3 is 0 Å². The first-order valence-corrected chi connectivity index (χ1v) is 6.09. The number of hydrogen-bond donors (Lipinski definition) is 1. The van der Waals surface area contributed by atoms with Gasteiger partial charge in [0.25, 0.3) is 0 Å². The molecule has 0 aliphatic heterocycles. The molecule has 1 aromatic carbocycles. The number of rotatable bonds is 5. The lowest BCUT2D eigenvalue weighted by atomic mass is 10.1. The van der Waals surface area contributed by atoms with Crippen LogP contribution in [-0.2, 0) is 6.61 Å². The molecule has 0 saturated heterocycles. The molecule has 100 valence electrons. The molecule has 0 fully saturated rings. The standard InChI is InChI=1S/C15H17NO3/c1-11(17)12-5-3-7-14(9-12)19-10-13-6-4-8-16-15(13)18-2/h3-9,11,17H,10H2,1-2H3/t11-/m1/s1. The van der Waals surface area contributed by atoms with Gasteiger partial charge in [-0.05, 0) is 36.8 Å². The number of aliphatic hydroxyl groups is 1. The number of hydrogen-bond acceptors (Lipinski definition) is 4. The van der Waals surface area contributed by atoms with Gasteiger partial charge in [0.15, 0.2) is 0 Å². The van der Waals surface area contributed by atoms with E-state index in [-0.39, 0.29) is 0 Å². The summed E-state index contributed by atoms with van der Waals surface area (Å²) in [6.07, 6.45) is 1.17.